The second-order valence-corrected chi connectivity index (χ2v) is 6.60. The van der Waals surface area contributed by atoms with Gasteiger partial charge in [0, 0.05) is 32.2 Å². The number of carbonyl (C=O) groups is 1. The smallest absolute Gasteiger partial charge is 0.276 e. The molecule has 0 spiro atoms. The average molecular weight is 383 g/mol. The minimum atomic E-state index is -0.0976. The maximum atomic E-state index is 12.5. The maximum absolute atomic E-state index is 12.5. The fourth-order valence-electron chi connectivity index (χ4n) is 3.17. The quantitative estimate of drug-likeness (QED) is 0.641. The minimum absolute atomic E-state index is 0.0976. The third kappa shape index (κ3) is 3.72. The van der Waals surface area contributed by atoms with E-state index in [1.54, 1.807) is 29.7 Å². The number of rotatable bonds is 5. The molecule has 1 saturated heterocycles. The number of amides is 1. The van der Waals surface area contributed by atoms with E-state index in [-0.39, 0.29) is 5.91 Å². The maximum Gasteiger partial charge on any atom is 0.276 e. The van der Waals surface area contributed by atoms with Crippen molar-refractivity contribution in [2.75, 3.05) is 33.3 Å². The van der Waals surface area contributed by atoms with Crippen molar-refractivity contribution in [3.8, 4) is 11.4 Å². The normalized spacial score (nSPS) is 15.0. The molecule has 1 aliphatic heterocycles. The first-order valence-corrected chi connectivity index (χ1v) is 9.00. The number of aryl methyl sites for hydroxylation is 1. The van der Waals surface area contributed by atoms with Gasteiger partial charge in [0.15, 0.2) is 11.5 Å². The Labute approximate surface area is 161 Å². The summed E-state index contributed by atoms with van der Waals surface area (Å²) in [6.07, 6.45) is 0. The number of tetrazole rings is 1. The van der Waals surface area contributed by atoms with E-state index in [2.05, 4.69) is 25.6 Å². The van der Waals surface area contributed by atoms with Gasteiger partial charge in [0.05, 0.1) is 19.3 Å². The topological polar surface area (TPSA) is 102 Å². The van der Waals surface area contributed by atoms with Crippen LogP contribution in [0.4, 0.5) is 0 Å². The van der Waals surface area contributed by atoms with Crippen molar-refractivity contribution in [2.24, 2.45) is 0 Å². The first-order chi connectivity index (χ1) is 13.6. The van der Waals surface area contributed by atoms with Crippen molar-refractivity contribution in [2.45, 2.75) is 13.5 Å². The molecule has 1 aliphatic rings. The third-order valence-electron chi connectivity index (χ3n) is 4.72. The molecule has 0 saturated carbocycles. The van der Waals surface area contributed by atoms with Crippen LogP contribution in [-0.4, -0.2) is 74.4 Å². The van der Waals surface area contributed by atoms with Gasteiger partial charge in [-0.15, -0.1) is 5.10 Å². The van der Waals surface area contributed by atoms with E-state index in [9.17, 15) is 4.79 Å². The van der Waals surface area contributed by atoms with Crippen molar-refractivity contribution in [3.63, 3.8) is 0 Å². The molecule has 1 fully saturated rings. The molecule has 10 heteroatoms. The summed E-state index contributed by atoms with van der Waals surface area (Å²) in [5.74, 6) is 2.06. The number of ether oxygens (including phenoxy) is 1. The fraction of sp³-hybridized carbons (Fsp3) is 0.389. The van der Waals surface area contributed by atoms with Gasteiger partial charge in [0.1, 0.15) is 11.5 Å². The Kier molecular flexibility index (Phi) is 5.02. The zero-order valence-electron chi connectivity index (χ0n) is 15.8. The molecular weight excluding hydrogens is 362 g/mol. The average Bonchev–Trinajstić information content (AvgIpc) is 3.37. The van der Waals surface area contributed by atoms with Gasteiger partial charge in [-0.2, -0.15) is 4.68 Å². The predicted octanol–water partition coefficient (Wildman–Crippen LogP) is 0.925. The summed E-state index contributed by atoms with van der Waals surface area (Å²) in [4.78, 5) is 16.5. The van der Waals surface area contributed by atoms with Crippen molar-refractivity contribution in [3.05, 3.63) is 47.6 Å². The Bertz CT molecular complexity index is 942. The van der Waals surface area contributed by atoms with Crippen molar-refractivity contribution < 1.29 is 14.1 Å². The molecule has 0 aliphatic carbocycles. The monoisotopic (exact) mass is 383 g/mol. The zero-order valence-corrected chi connectivity index (χ0v) is 15.8. The fourth-order valence-corrected chi connectivity index (χ4v) is 3.17. The van der Waals surface area contributed by atoms with Gasteiger partial charge in [-0.1, -0.05) is 5.16 Å². The largest absolute Gasteiger partial charge is 0.497 e. The van der Waals surface area contributed by atoms with Crippen LogP contribution < -0.4 is 4.74 Å². The molecule has 146 valence electrons. The number of methoxy groups -OCH3 is 1. The number of nitrogens with zero attached hydrogens (tertiary/aromatic N) is 7. The van der Waals surface area contributed by atoms with E-state index in [4.69, 9.17) is 9.26 Å². The number of benzene rings is 1. The van der Waals surface area contributed by atoms with Gasteiger partial charge in [0.25, 0.3) is 5.91 Å². The minimum Gasteiger partial charge on any atom is -0.497 e. The molecule has 0 radical (unpaired) electrons. The molecule has 0 bridgehead atoms. The number of piperazine rings is 1. The van der Waals surface area contributed by atoms with Crippen LogP contribution in [0.2, 0.25) is 0 Å². The number of aromatic nitrogens is 5. The highest BCUT2D eigenvalue weighted by Gasteiger charge is 2.25. The van der Waals surface area contributed by atoms with Crippen LogP contribution >= 0.6 is 0 Å². The summed E-state index contributed by atoms with van der Waals surface area (Å²) in [5, 5.41) is 15.9. The standard InChI is InChI=1S/C18H21N7O3/c1-13-11-16(20-28-13)18(26)24-9-7-23(8-10-24)12-17-19-21-22-25(17)14-3-5-15(27-2)6-4-14/h3-6,11H,7-10,12H2,1-2H3. The second-order valence-electron chi connectivity index (χ2n) is 6.60. The highest BCUT2D eigenvalue weighted by Crippen LogP contribution is 2.16. The Hall–Kier alpha value is -3.27. The van der Waals surface area contributed by atoms with E-state index in [0.717, 1.165) is 30.4 Å². The Morgan fingerprint density at radius 1 is 1.18 bits per heavy atom. The van der Waals surface area contributed by atoms with E-state index in [1.807, 2.05) is 24.3 Å². The third-order valence-corrected chi connectivity index (χ3v) is 4.72. The van der Waals surface area contributed by atoms with Crippen molar-refractivity contribution in [1.29, 1.82) is 0 Å². The molecule has 1 aromatic carbocycles. The highest BCUT2D eigenvalue weighted by molar-refractivity contribution is 5.92. The second kappa shape index (κ2) is 7.77. The van der Waals surface area contributed by atoms with Crippen LogP contribution in [0.5, 0.6) is 5.75 Å². The van der Waals surface area contributed by atoms with Gasteiger partial charge in [0.2, 0.25) is 0 Å². The summed E-state index contributed by atoms with van der Waals surface area (Å²) in [7, 11) is 1.63. The van der Waals surface area contributed by atoms with Crippen molar-refractivity contribution >= 4 is 5.91 Å². The van der Waals surface area contributed by atoms with Gasteiger partial charge in [-0.05, 0) is 41.6 Å². The predicted molar refractivity (Wildman–Crippen MR) is 98.1 cm³/mol. The van der Waals surface area contributed by atoms with Crippen molar-refractivity contribution in [1.82, 2.24) is 35.2 Å². The Morgan fingerprint density at radius 2 is 1.93 bits per heavy atom. The van der Waals surface area contributed by atoms with Crippen LogP contribution in [0.25, 0.3) is 5.69 Å². The Balaban J connectivity index is 1.38. The summed E-state index contributed by atoms with van der Waals surface area (Å²) < 4.78 is 11.9. The van der Waals surface area contributed by atoms with Crippen LogP contribution in [0.15, 0.2) is 34.9 Å². The van der Waals surface area contributed by atoms with E-state index >= 15 is 0 Å². The van der Waals surface area contributed by atoms with Crippen LogP contribution in [-0.2, 0) is 6.54 Å². The van der Waals surface area contributed by atoms with Crippen LogP contribution in [0.3, 0.4) is 0 Å². The first-order valence-electron chi connectivity index (χ1n) is 9.00. The summed E-state index contributed by atoms with van der Waals surface area (Å²) in [5.41, 5.74) is 1.23. The zero-order chi connectivity index (χ0) is 19.5. The van der Waals surface area contributed by atoms with Crippen LogP contribution in [0.1, 0.15) is 22.1 Å². The van der Waals surface area contributed by atoms with E-state index < -0.39 is 0 Å². The Morgan fingerprint density at radius 3 is 2.57 bits per heavy atom. The molecule has 28 heavy (non-hydrogen) atoms. The summed E-state index contributed by atoms with van der Waals surface area (Å²) in [6.45, 7) is 5.08. The highest BCUT2D eigenvalue weighted by atomic mass is 16.5. The molecule has 0 N–H and O–H groups in total. The number of carbonyl (C=O) groups excluding carboxylic acids is 1. The molecule has 0 atom stereocenters. The molecule has 0 unspecified atom stereocenters. The van der Waals surface area contributed by atoms with Gasteiger partial charge < -0.3 is 14.2 Å². The lowest BCUT2D eigenvalue weighted by molar-refractivity contribution is 0.0614. The molecular formula is C18H21N7O3. The van der Waals surface area contributed by atoms with E-state index in [1.165, 1.54) is 0 Å². The van der Waals surface area contributed by atoms with Gasteiger partial charge in [-0.3, -0.25) is 9.69 Å². The molecule has 3 heterocycles. The van der Waals surface area contributed by atoms with Gasteiger partial charge >= 0.3 is 0 Å². The lowest BCUT2D eigenvalue weighted by atomic mass is 10.2. The van der Waals surface area contributed by atoms with E-state index in [0.29, 0.717) is 31.1 Å². The summed E-state index contributed by atoms with van der Waals surface area (Å²) >= 11 is 0. The SMILES string of the molecule is COc1ccc(-n2nnnc2CN2CCN(C(=O)c3cc(C)on3)CC2)cc1. The molecule has 2 aromatic heterocycles. The number of hydrogen-bond acceptors (Lipinski definition) is 8. The van der Waals surface area contributed by atoms with Crippen LogP contribution in [0, 0.1) is 6.92 Å². The van der Waals surface area contributed by atoms with Gasteiger partial charge in [-0.25, -0.2) is 0 Å². The lowest BCUT2D eigenvalue weighted by Crippen LogP contribution is -2.48. The molecule has 1 amide bonds. The lowest BCUT2D eigenvalue weighted by Gasteiger charge is -2.33. The molecule has 4 rings (SSSR count). The molecule has 10 nitrogen and oxygen atoms in total. The summed E-state index contributed by atoms with van der Waals surface area (Å²) in [6, 6.07) is 9.23. The first kappa shape index (κ1) is 18.1. The number of hydrogen-bond donors (Lipinski definition) is 0. The molecule has 3 aromatic rings.